The zero-order chi connectivity index (χ0) is 15.0. The molecule has 112 valence electrons. The van der Waals surface area contributed by atoms with Gasteiger partial charge in [0, 0.05) is 30.2 Å². The summed E-state index contributed by atoms with van der Waals surface area (Å²) in [7, 11) is 0. The summed E-state index contributed by atoms with van der Waals surface area (Å²) < 4.78 is 0. The lowest BCUT2D eigenvalue weighted by molar-refractivity contribution is -0.131. The molecule has 4 heteroatoms. The summed E-state index contributed by atoms with van der Waals surface area (Å²) in [5.74, 6) is 0.0749. The minimum absolute atomic E-state index is 0.0749. The van der Waals surface area contributed by atoms with E-state index in [1.54, 1.807) is 0 Å². The third-order valence-corrected chi connectivity index (χ3v) is 4.42. The molecule has 4 nitrogen and oxygen atoms in total. The SMILES string of the molecule is CC1(C)CCN(C(=O)[C@@H](N)Cc2c[nH]c3ccccc23)C1. The number of nitrogens with two attached hydrogens (primary N) is 1. The van der Waals surface area contributed by atoms with Crippen LogP contribution in [0.15, 0.2) is 30.5 Å². The summed E-state index contributed by atoms with van der Waals surface area (Å²) in [4.78, 5) is 17.6. The predicted molar refractivity (Wildman–Crippen MR) is 85.0 cm³/mol. The van der Waals surface area contributed by atoms with Crippen LogP contribution in [0, 0.1) is 5.41 Å². The molecule has 3 N–H and O–H groups in total. The van der Waals surface area contributed by atoms with E-state index in [0.717, 1.165) is 36.0 Å². The van der Waals surface area contributed by atoms with Crippen molar-refractivity contribution < 1.29 is 4.79 Å². The minimum atomic E-state index is -0.460. The van der Waals surface area contributed by atoms with Gasteiger partial charge in [-0.05, 0) is 29.9 Å². The Labute approximate surface area is 125 Å². The van der Waals surface area contributed by atoms with E-state index in [-0.39, 0.29) is 11.3 Å². The summed E-state index contributed by atoms with van der Waals surface area (Å²) in [6.45, 7) is 6.04. The Bertz CT molecular complexity index is 659. The number of nitrogens with one attached hydrogen (secondary N) is 1. The maximum Gasteiger partial charge on any atom is 0.239 e. The van der Waals surface area contributed by atoms with Gasteiger partial charge in [-0.2, -0.15) is 0 Å². The van der Waals surface area contributed by atoms with Crippen LogP contribution in [-0.2, 0) is 11.2 Å². The number of aromatic nitrogens is 1. The summed E-state index contributed by atoms with van der Waals surface area (Å²) in [6, 6.07) is 7.65. The van der Waals surface area contributed by atoms with E-state index < -0.39 is 6.04 Å². The van der Waals surface area contributed by atoms with Crippen molar-refractivity contribution in [2.45, 2.75) is 32.7 Å². The number of para-hydroxylation sites is 1. The average Bonchev–Trinajstić information content (AvgIpc) is 3.02. The molecule has 0 unspecified atom stereocenters. The molecule has 0 bridgehead atoms. The van der Waals surface area contributed by atoms with Gasteiger partial charge < -0.3 is 15.6 Å². The second-order valence-corrected chi connectivity index (χ2v) is 6.84. The molecule has 0 aliphatic carbocycles. The largest absolute Gasteiger partial charge is 0.361 e. The van der Waals surface area contributed by atoms with Gasteiger partial charge in [-0.3, -0.25) is 4.79 Å². The predicted octanol–water partition coefficient (Wildman–Crippen LogP) is 2.30. The summed E-state index contributed by atoms with van der Waals surface area (Å²) in [5.41, 5.74) is 8.59. The molecule has 0 radical (unpaired) electrons. The van der Waals surface area contributed by atoms with E-state index in [1.807, 2.05) is 29.3 Å². The standard InChI is InChI=1S/C17H23N3O/c1-17(2)7-8-20(11-17)16(21)14(18)9-12-10-19-15-6-4-3-5-13(12)15/h3-6,10,14,19H,7-9,11,18H2,1-2H3/t14-/m0/s1. The Balaban J connectivity index is 1.71. The van der Waals surface area contributed by atoms with Crippen molar-refractivity contribution >= 4 is 16.8 Å². The Hall–Kier alpha value is -1.81. The zero-order valence-corrected chi connectivity index (χ0v) is 12.7. The van der Waals surface area contributed by atoms with Crippen LogP contribution in [0.25, 0.3) is 10.9 Å². The van der Waals surface area contributed by atoms with E-state index in [9.17, 15) is 4.79 Å². The summed E-state index contributed by atoms with van der Waals surface area (Å²) in [6.07, 6.45) is 3.60. The van der Waals surface area contributed by atoms with E-state index in [0.29, 0.717) is 6.42 Å². The number of amides is 1. The quantitative estimate of drug-likeness (QED) is 0.909. The maximum absolute atomic E-state index is 12.5. The minimum Gasteiger partial charge on any atom is -0.361 e. The van der Waals surface area contributed by atoms with Crippen molar-refractivity contribution in [3.8, 4) is 0 Å². The van der Waals surface area contributed by atoms with E-state index in [1.165, 1.54) is 0 Å². The fourth-order valence-electron chi connectivity index (χ4n) is 3.16. The molecule has 0 saturated carbocycles. The van der Waals surface area contributed by atoms with Crippen LogP contribution in [-0.4, -0.2) is 34.9 Å². The van der Waals surface area contributed by atoms with Crippen LogP contribution in [0.3, 0.4) is 0 Å². The van der Waals surface area contributed by atoms with Crippen LogP contribution < -0.4 is 5.73 Å². The lowest BCUT2D eigenvalue weighted by Gasteiger charge is -2.22. The van der Waals surface area contributed by atoms with Crippen molar-refractivity contribution in [1.82, 2.24) is 9.88 Å². The molecule has 21 heavy (non-hydrogen) atoms. The molecule has 1 aliphatic heterocycles. The van der Waals surface area contributed by atoms with Crippen LogP contribution >= 0.6 is 0 Å². The smallest absolute Gasteiger partial charge is 0.239 e. The number of fused-ring (bicyclic) bond motifs is 1. The second-order valence-electron chi connectivity index (χ2n) is 6.84. The van der Waals surface area contributed by atoms with Gasteiger partial charge in [0.15, 0.2) is 0 Å². The number of rotatable bonds is 3. The van der Waals surface area contributed by atoms with Crippen molar-refractivity contribution in [2.24, 2.45) is 11.1 Å². The van der Waals surface area contributed by atoms with Gasteiger partial charge in [0.1, 0.15) is 0 Å². The number of carbonyl (C=O) groups is 1. The number of nitrogens with zero attached hydrogens (tertiary/aromatic N) is 1. The van der Waals surface area contributed by atoms with Gasteiger partial charge in [-0.15, -0.1) is 0 Å². The number of aromatic amines is 1. The normalized spacial score (nSPS) is 19.1. The fraction of sp³-hybridized carbons (Fsp3) is 0.471. The van der Waals surface area contributed by atoms with Crippen molar-refractivity contribution in [3.05, 3.63) is 36.0 Å². The van der Waals surface area contributed by atoms with E-state index in [2.05, 4.69) is 24.9 Å². The fourth-order valence-corrected chi connectivity index (χ4v) is 3.16. The molecule has 1 aromatic heterocycles. The Morgan fingerprint density at radius 1 is 1.43 bits per heavy atom. The highest BCUT2D eigenvalue weighted by Crippen LogP contribution is 2.29. The molecule has 1 fully saturated rings. The van der Waals surface area contributed by atoms with Gasteiger partial charge >= 0.3 is 0 Å². The molecule has 2 heterocycles. The Morgan fingerprint density at radius 3 is 2.90 bits per heavy atom. The monoisotopic (exact) mass is 285 g/mol. The third kappa shape index (κ3) is 2.81. The molecule has 2 aromatic rings. The molecule has 1 amide bonds. The highest BCUT2D eigenvalue weighted by molar-refractivity contribution is 5.86. The number of hydrogen-bond acceptors (Lipinski definition) is 2. The summed E-state index contributed by atoms with van der Waals surface area (Å²) >= 11 is 0. The Kier molecular flexibility index (Phi) is 3.49. The lowest BCUT2D eigenvalue weighted by Crippen LogP contribution is -2.44. The molecule has 1 atom stereocenters. The van der Waals surface area contributed by atoms with Crippen LogP contribution in [0.2, 0.25) is 0 Å². The number of benzene rings is 1. The first-order chi connectivity index (χ1) is 9.96. The first kappa shape index (κ1) is 14.1. The van der Waals surface area contributed by atoms with Gasteiger partial charge in [0.05, 0.1) is 6.04 Å². The Morgan fingerprint density at radius 2 is 2.19 bits per heavy atom. The molecular weight excluding hydrogens is 262 g/mol. The maximum atomic E-state index is 12.5. The van der Waals surface area contributed by atoms with Crippen molar-refractivity contribution in [3.63, 3.8) is 0 Å². The molecule has 1 saturated heterocycles. The first-order valence-corrected chi connectivity index (χ1v) is 7.56. The van der Waals surface area contributed by atoms with E-state index in [4.69, 9.17) is 5.73 Å². The van der Waals surface area contributed by atoms with Crippen LogP contribution in [0.5, 0.6) is 0 Å². The number of carbonyl (C=O) groups excluding carboxylic acids is 1. The highest BCUT2D eigenvalue weighted by atomic mass is 16.2. The van der Waals surface area contributed by atoms with Crippen LogP contribution in [0.1, 0.15) is 25.8 Å². The van der Waals surface area contributed by atoms with Crippen molar-refractivity contribution in [1.29, 1.82) is 0 Å². The van der Waals surface area contributed by atoms with Gasteiger partial charge in [0.25, 0.3) is 0 Å². The second kappa shape index (κ2) is 5.19. The van der Waals surface area contributed by atoms with E-state index >= 15 is 0 Å². The van der Waals surface area contributed by atoms with Gasteiger partial charge in [-0.25, -0.2) is 0 Å². The highest BCUT2D eigenvalue weighted by Gasteiger charge is 2.34. The number of likely N-dealkylation sites (tertiary alicyclic amines) is 1. The number of H-pyrrole nitrogens is 1. The third-order valence-electron chi connectivity index (χ3n) is 4.42. The number of hydrogen-bond donors (Lipinski definition) is 2. The lowest BCUT2D eigenvalue weighted by atomic mass is 9.93. The first-order valence-electron chi connectivity index (χ1n) is 7.56. The molecule has 1 aliphatic rings. The molecule has 1 aromatic carbocycles. The topological polar surface area (TPSA) is 62.1 Å². The van der Waals surface area contributed by atoms with Crippen molar-refractivity contribution in [2.75, 3.05) is 13.1 Å². The molecular formula is C17H23N3O. The average molecular weight is 285 g/mol. The van der Waals surface area contributed by atoms with Gasteiger partial charge in [0.2, 0.25) is 5.91 Å². The molecule has 0 spiro atoms. The van der Waals surface area contributed by atoms with Crippen LogP contribution in [0.4, 0.5) is 0 Å². The zero-order valence-electron chi connectivity index (χ0n) is 12.7. The van der Waals surface area contributed by atoms with Gasteiger partial charge in [-0.1, -0.05) is 32.0 Å². The summed E-state index contributed by atoms with van der Waals surface area (Å²) in [5, 5.41) is 1.16. The molecule has 3 rings (SSSR count).